The van der Waals surface area contributed by atoms with Gasteiger partial charge in [0, 0.05) is 31.9 Å². The second-order valence-electron chi connectivity index (χ2n) is 14.7. The maximum Gasteiger partial charge on any atom is 0.407 e. The molecule has 1 fully saturated rings. The number of urea groups is 1. The molecule has 4 N–H and O–H groups in total. The van der Waals surface area contributed by atoms with Gasteiger partial charge in [-0.2, -0.15) is 0 Å². The standard InChI is InChI=1S/C42H58N6O6/c1-7-28(3)37(46(6)42(53)54)39(50)45-35(25-32-19-13-10-14-20-32)36(49)26-34(24-31-17-11-9-12-18-31)44-40(51)38(29(4)8-2)48-23-22-47(41(48)52)27-33-21-15-16-30(5)43-33/h9-21,28-29,34-38,49H,7-8,22-27H2,1-6H3,(H,44,51)(H,45,50)(H,53,54)/t28?,29?,34-,35-,36-,37-,38-/m0/s1. The van der Waals surface area contributed by atoms with Gasteiger partial charge in [-0.25, -0.2) is 9.59 Å². The normalized spacial score (nSPS) is 16.8. The molecule has 2 aromatic carbocycles. The van der Waals surface area contributed by atoms with Crippen LogP contribution in [0.15, 0.2) is 78.9 Å². The van der Waals surface area contributed by atoms with Gasteiger partial charge in [-0.3, -0.25) is 19.5 Å². The van der Waals surface area contributed by atoms with E-state index < -0.39 is 42.3 Å². The molecule has 3 aromatic rings. The fourth-order valence-electron chi connectivity index (χ4n) is 7.23. The first-order valence-corrected chi connectivity index (χ1v) is 19.1. The number of carbonyl (C=O) groups excluding carboxylic acids is 3. The highest BCUT2D eigenvalue weighted by atomic mass is 16.4. The third-order valence-electron chi connectivity index (χ3n) is 10.7. The molecule has 0 aliphatic carbocycles. The lowest BCUT2D eigenvalue weighted by Gasteiger charge is -2.35. The Bertz CT molecular complexity index is 1680. The summed E-state index contributed by atoms with van der Waals surface area (Å²) in [5.41, 5.74) is 3.49. The Balaban J connectivity index is 1.59. The van der Waals surface area contributed by atoms with Gasteiger partial charge >= 0.3 is 12.1 Å². The minimum absolute atomic E-state index is 0.0908. The molecule has 0 spiro atoms. The summed E-state index contributed by atoms with van der Waals surface area (Å²) in [4.78, 5) is 63.0. The van der Waals surface area contributed by atoms with Crippen molar-refractivity contribution < 1.29 is 29.4 Å². The molecule has 292 valence electrons. The van der Waals surface area contributed by atoms with Crippen LogP contribution in [0.1, 0.15) is 69.5 Å². The number of carboxylic acid groups (broad SMARTS) is 1. The molecule has 1 aromatic heterocycles. The van der Waals surface area contributed by atoms with Gasteiger partial charge in [-0.1, -0.05) is 107 Å². The number of benzene rings is 2. The molecule has 12 nitrogen and oxygen atoms in total. The van der Waals surface area contributed by atoms with E-state index in [1.165, 1.54) is 7.05 Å². The number of aryl methyl sites for hydroxylation is 1. The van der Waals surface area contributed by atoms with E-state index in [2.05, 4.69) is 15.6 Å². The summed E-state index contributed by atoms with van der Waals surface area (Å²) >= 11 is 0. The number of pyridine rings is 1. The zero-order valence-electron chi connectivity index (χ0n) is 32.5. The molecule has 54 heavy (non-hydrogen) atoms. The van der Waals surface area contributed by atoms with Crippen molar-refractivity contribution >= 4 is 23.9 Å². The maximum atomic E-state index is 14.4. The predicted molar refractivity (Wildman–Crippen MR) is 209 cm³/mol. The molecule has 5 amide bonds. The number of nitrogens with one attached hydrogen (secondary N) is 2. The first-order chi connectivity index (χ1) is 25.8. The third kappa shape index (κ3) is 11.3. The number of rotatable bonds is 19. The molecule has 4 rings (SSSR count). The number of hydrogen-bond donors (Lipinski definition) is 4. The molecule has 2 unspecified atom stereocenters. The minimum Gasteiger partial charge on any atom is -0.465 e. The van der Waals surface area contributed by atoms with Crippen LogP contribution < -0.4 is 10.6 Å². The second kappa shape index (κ2) is 19.9. The molecule has 2 heterocycles. The van der Waals surface area contributed by atoms with E-state index in [4.69, 9.17) is 0 Å². The highest BCUT2D eigenvalue weighted by molar-refractivity contribution is 5.88. The van der Waals surface area contributed by atoms with Gasteiger partial charge in [0.15, 0.2) is 0 Å². The lowest BCUT2D eigenvalue weighted by Crippen LogP contribution is -2.57. The summed E-state index contributed by atoms with van der Waals surface area (Å²) in [5, 5.41) is 28.0. The van der Waals surface area contributed by atoms with Gasteiger partial charge in [-0.05, 0) is 61.3 Å². The lowest BCUT2D eigenvalue weighted by atomic mass is 9.91. The van der Waals surface area contributed by atoms with Crippen LogP contribution in [0, 0.1) is 18.8 Å². The Morgan fingerprint density at radius 3 is 2.02 bits per heavy atom. The highest BCUT2D eigenvalue weighted by Crippen LogP contribution is 2.24. The predicted octanol–water partition coefficient (Wildman–Crippen LogP) is 5.27. The van der Waals surface area contributed by atoms with Crippen molar-refractivity contribution in [1.29, 1.82) is 0 Å². The molecule has 1 saturated heterocycles. The summed E-state index contributed by atoms with van der Waals surface area (Å²) in [5.74, 6) is -1.22. The minimum atomic E-state index is -1.22. The number of aromatic nitrogens is 1. The number of nitrogens with zero attached hydrogens (tertiary/aromatic N) is 4. The van der Waals surface area contributed by atoms with Crippen molar-refractivity contribution in [2.75, 3.05) is 20.1 Å². The van der Waals surface area contributed by atoms with Crippen LogP contribution in [0.3, 0.4) is 0 Å². The quantitative estimate of drug-likeness (QED) is 0.130. The molecule has 0 saturated carbocycles. The van der Waals surface area contributed by atoms with E-state index in [1.807, 2.05) is 113 Å². The zero-order chi connectivity index (χ0) is 39.4. The molecular formula is C42H58N6O6. The number of carbonyl (C=O) groups is 4. The largest absolute Gasteiger partial charge is 0.465 e. The Kier molecular flexibility index (Phi) is 15.4. The number of likely N-dealkylation sites (N-methyl/N-ethyl adjacent to an activating group) is 1. The fraction of sp³-hybridized carbons (Fsp3) is 0.500. The van der Waals surface area contributed by atoms with Crippen LogP contribution in [-0.4, -0.2) is 104 Å². The first-order valence-electron chi connectivity index (χ1n) is 19.1. The molecule has 0 bridgehead atoms. The van der Waals surface area contributed by atoms with Crippen LogP contribution in [0.4, 0.5) is 9.59 Å². The maximum absolute atomic E-state index is 14.4. The van der Waals surface area contributed by atoms with Crippen LogP contribution in [-0.2, 0) is 29.0 Å². The fourth-order valence-corrected chi connectivity index (χ4v) is 7.23. The lowest BCUT2D eigenvalue weighted by molar-refractivity contribution is -0.130. The van der Waals surface area contributed by atoms with Gasteiger partial charge in [-0.15, -0.1) is 0 Å². The van der Waals surface area contributed by atoms with E-state index in [9.17, 15) is 29.4 Å². The second-order valence-corrected chi connectivity index (χ2v) is 14.7. The van der Waals surface area contributed by atoms with Crippen LogP contribution >= 0.6 is 0 Å². The number of hydrogen-bond acceptors (Lipinski definition) is 6. The van der Waals surface area contributed by atoms with Gasteiger partial charge < -0.3 is 30.6 Å². The Hall–Kier alpha value is -4.97. The van der Waals surface area contributed by atoms with E-state index in [0.29, 0.717) is 38.9 Å². The van der Waals surface area contributed by atoms with Crippen molar-refractivity contribution in [3.05, 3.63) is 101 Å². The molecule has 1 aliphatic rings. The summed E-state index contributed by atoms with van der Waals surface area (Å²) in [6, 6.07) is 21.6. The average Bonchev–Trinajstić information content (AvgIpc) is 3.50. The summed E-state index contributed by atoms with van der Waals surface area (Å²) < 4.78 is 0. The van der Waals surface area contributed by atoms with Crippen LogP contribution in [0.25, 0.3) is 0 Å². The topological polar surface area (TPSA) is 155 Å². The van der Waals surface area contributed by atoms with Crippen LogP contribution in [0.5, 0.6) is 0 Å². The summed E-state index contributed by atoms with van der Waals surface area (Å²) in [6.07, 6.45) is -0.322. The Morgan fingerprint density at radius 2 is 1.44 bits per heavy atom. The van der Waals surface area contributed by atoms with Crippen molar-refractivity contribution in [2.24, 2.45) is 11.8 Å². The van der Waals surface area contributed by atoms with Gasteiger partial charge in [0.2, 0.25) is 11.8 Å². The SMILES string of the molecule is CCC(C)[C@@H](C(=O)N[C@@H](Cc1ccccc1)[C@@H](O)C[C@H](Cc1ccccc1)NC(=O)[C@H](C(C)CC)N1CCN(Cc2cccc(C)n2)C1=O)N(C)C(=O)O. The number of aliphatic hydroxyl groups is 1. The smallest absolute Gasteiger partial charge is 0.407 e. The summed E-state index contributed by atoms with van der Waals surface area (Å²) in [6.45, 7) is 10.8. The average molecular weight is 743 g/mol. The summed E-state index contributed by atoms with van der Waals surface area (Å²) in [7, 11) is 1.38. The highest BCUT2D eigenvalue weighted by Gasteiger charge is 2.41. The molecular weight excluding hydrogens is 684 g/mol. The van der Waals surface area contributed by atoms with Crippen molar-refractivity contribution in [2.45, 2.75) is 104 Å². The molecule has 12 heteroatoms. The van der Waals surface area contributed by atoms with E-state index in [0.717, 1.165) is 27.4 Å². The first kappa shape index (κ1) is 41.8. The zero-order valence-corrected chi connectivity index (χ0v) is 32.5. The van der Waals surface area contributed by atoms with Gasteiger partial charge in [0.05, 0.1) is 24.4 Å². The third-order valence-corrected chi connectivity index (χ3v) is 10.7. The van der Waals surface area contributed by atoms with Crippen molar-refractivity contribution in [1.82, 2.24) is 30.3 Å². The Labute approximate surface area is 319 Å². The monoisotopic (exact) mass is 742 g/mol. The van der Waals surface area contributed by atoms with E-state index >= 15 is 0 Å². The number of amides is 5. The molecule has 1 aliphatic heterocycles. The van der Waals surface area contributed by atoms with Gasteiger partial charge in [0.1, 0.15) is 12.1 Å². The van der Waals surface area contributed by atoms with E-state index in [-0.39, 0.29) is 36.6 Å². The van der Waals surface area contributed by atoms with Crippen molar-refractivity contribution in [3.63, 3.8) is 0 Å². The van der Waals surface area contributed by atoms with Crippen molar-refractivity contribution in [3.8, 4) is 0 Å². The molecule has 7 atom stereocenters. The van der Waals surface area contributed by atoms with E-state index in [1.54, 1.807) is 9.80 Å². The molecule has 0 radical (unpaired) electrons. The van der Waals surface area contributed by atoms with Crippen LogP contribution in [0.2, 0.25) is 0 Å². The number of aliphatic hydroxyl groups excluding tert-OH is 1. The Morgan fingerprint density at radius 1 is 0.833 bits per heavy atom. The van der Waals surface area contributed by atoms with Gasteiger partial charge in [0.25, 0.3) is 0 Å².